The minimum Gasteiger partial charge on any atom is -0.478 e. The summed E-state index contributed by atoms with van der Waals surface area (Å²) in [7, 11) is 0. The molecule has 0 bridgehead atoms. The molecule has 0 spiro atoms. The smallest absolute Gasteiger partial charge is 0.337 e. The number of rotatable bonds is 6. The van der Waals surface area contributed by atoms with Crippen LogP contribution in [0.2, 0.25) is 0 Å². The van der Waals surface area contributed by atoms with Gasteiger partial charge in [0, 0.05) is 43.1 Å². The van der Waals surface area contributed by atoms with Gasteiger partial charge >= 0.3 is 5.97 Å². The molecule has 5 rings (SSSR count). The van der Waals surface area contributed by atoms with Crippen LogP contribution < -0.4 is 15.1 Å². The van der Waals surface area contributed by atoms with Gasteiger partial charge in [-0.05, 0) is 62.6 Å². The van der Waals surface area contributed by atoms with Crippen molar-refractivity contribution in [1.29, 1.82) is 5.26 Å². The summed E-state index contributed by atoms with van der Waals surface area (Å²) in [6.45, 7) is 11.3. The van der Waals surface area contributed by atoms with Gasteiger partial charge < -0.3 is 20.2 Å². The molecule has 2 heterocycles. The van der Waals surface area contributed by atoms with Crippen molar-refractivity contribution in [2.24, 2.45) is 0 Å². The van der Waals surface area contributed by atoms with Crippen LogP contribution in [-0.2, 0) is 0 Å². The van der Waals surface area contributed by atoms with Crippen molar-refractivity contribution < 1.29 is 9.90 Å². The summed E-state index contributed by atoms with van der Waals surface area (Å²) in [5, 5.41) is 23.0. The Labute approximate surface area is 228 Å². The van der Waals surface area contributed by atoms with Gasteiger partial charge in [0.05, 0.1) is 22.6 Å². The fraction of sp³-hybridized carbons (Fsp3) is 0.290. The van der Waals surface area contributed by atoms with Crippen LogP contribution >= 0.6 is 0 Å². The van der Waals surface area contributed by atoms with Crippen molar-refractivity contribution in [1.82, 2.24) is 9.97 Å². The second kappa shape index (κ2) is 10.6. The molecular formula is C31H32N6O2. The Bertz CT molecular complexity index is 1580. The highest BCUT2D eigenvalue weighted by atomic mass is 16.4. The topological polar surface area (TPSA) is 105 Å². The zero-order valence-corrected chi connectivity index (χ0v) is 22.7. The minimum atomic E-state index is -0.986. The van der Waals surface area contributed by atoms with Gasteiger partial charge in [-0.25, -0.2) is 14.8 Å². The summed E-state index contributed by atoms with van der Waals surface area (Å²) >= 11 is 0. The highest BCUT2D eigenvalue weighted by Gasteiger charge is 2.25. The molecule has 0 radical (unpaired) electrons. The van der Waals surface area contributed by atoms with Gasteiger partial charge in [-0.15, -0.1) is 0 Å². The Hall–Kier alpha value is -4.64. The second-order valence-corrected chi connectivity index (χ2v) is 10.2. The fourth-order valence-corrected chi connectivity index (χ4v) is 5.50. The first-order valence-corrected chi connectivity index (χ1v) is 13.1. The number of aryl methyl sites for hydroxylation is 3. The maximum absolute atomic E-state index is 11.7. The summed E-state index contributed by atoms with van der Waals surface area (Å²) in [4.78, 5) is 26.1. The van der Waals surface area contributed by atoms with Gasteiger partial charge in [0.2, 0.25) is 0 Å². The van der Waals surface area contributed by atoms with Crippen LogP contribution in [0.4, 0.5) is 17.2 Å². The predicted octanol–water partition coefficient (Wildman–Crippen LogP) is 5.62. The molecule has 1 aliphatic heterocycles. The lowest BCUT2D eigenvalue weighted by Crippen LogP contribution is -2.47. The largest absolute Gasteiger partial charge is 0.478 e. The number of aromatic nitrogens is 2. The Kier molecular flexibility index (Phi) is 7.07. The number of piperazine rings is 1. The van der Waals surface area contributed by atoms with E-state index < -0.39 is 5.97 Å². The van der Waals surface area contributed by atoms with Crippen molar-refractivity contribution in [3.05, 3.63) is 88.1 Å². The number of carbonyl (C=O) groups is 1. The Morgan fingerprint density at radius 1 is 0.974 bits per heavy atom. The summed E-state index contributed by atoms with van der Waals surface area (Å²) in [6.07, 6.45) is 0. The summed E-state index contributed by atoms with van der Waals surface area (Å²) < 4.78 is 0. The SMILES string of the molecule is Cc1cc([C@@H](C)Nc2ccccc2C(=O)O)c2nc(N3CCN(c4c(C)cccc4C)CC3)c(C#N)nc2c1. The molecule has 1 fully saturated rings. The van der Waals surface area contributed by atoms with Crippen LogP contribution in [0.15, 0.2) is 54.6 Å². The van der Waals surface area contributed by atoms with Gasteiger partial charge in [0.25, 0.3) is 0 Å². The number of carboxylic acids is 1. The number of nitrogens with zero attached hydrogens (tertiary/aromatic N) is 5. The molecule has 1 atom stereocenters. The molecule has 1 aliphatic rings. The Morgan fingerprint density at radius 3 is 2.31 bits per heavy atom. The van der Waals surface area contributed by atoms with Gasteiger partial charge in [0.1, 0.15) is 6.07 Å². The van der Waals surface area contributed by atoms with Crippen molar-refractivity contribution in [2.75, 3.05) is 41.3 Å². The third-order valence-electron chi connectivity index (χ3n) is 7.36. The molecule has 39 heavy (non-hydrogen) atoms. The molecule has 0 saturated carbocycles. The summed E-state index contributed by atoms with van der Waals surface area (Å²) in [5.41, 5.74) is 8.12. The molecule has 0 unspecified atom stereocenters. The molecular weight excluding hydrogens is 488 g/mol. The first-order chi connectivity index (χ1) is 18.8. The number of fused-ring (bicyclic) bond motifs is 1. The maximum atomic E-state index is 11.7. The monoisotopic (exact) mass is 520 g/mol. The Balaban J connectivity index is 1.48. The van der Waals surface area contributed by atoms with Crippen LogP contribution in [-0.4, -0.2) is 47.2 Å². The lowest BCUT2D eigenvalue weighted by atomic mass is 10.0. The van der Waals surface area contributed by atoms with E-state index in [4.69, 9.17) is 9.97 Å². The minimum absolute atomic E-state index is 0.210. The van der Waals surface area contributed by atoms with Gasteiger partial charge in [-0.2, -0.15) is 5.26 Å². The van der Waals surface area contributed by atoms with Crippen molar-refractivity contribution in [3.63, 3.8) is 0 Å². The number of para-hydroxylation sites is 2. The van der Waals surface area contributed by atoms with Crippen LogP contribution in [0.25, 0.3) is 11.0 Å². The predicted molar refractivity (Wildman–Crippen MR) is 155 cm³/mol. The van der Waals surface area contributed by atoms with Gasteiger partial charge in [-0.1, -0.05) is 36.4 Å². The van der Waals surface area contributed by atoms with E-state index in [1.165, 1.54) is 16.8 Å². The van der Waals surface area contributed by atoms with E-state index in [-0.39, 0.29) is 11.6 Å². The molecule has 1 saturated heterocycles. The maximum Gasteiger partial charge on any atom is 0.337 e. The lowest BCUT2D eigenvalue weighted by molar-refractivity contribution is 0.0698. The molecule has 0 aliphatic carbocycles. The number of anilines is 3. The Morgan fingerprint density at radius 2 is 1.64 bits per heavy atom. The van der Waals surface area contributed by atoms with E-state index in [0.717, 1.165) is 37.3 Å². The molecule has 8 nitrogen and oxygen atoms in total. The van der Waals surface area contributed by atoms with E-state index in [9.17, 15) is 15.2 Å². The molecule has 198 valence electrons. The number of nitriles is 1. The van der Waals surface area contributed by atoms with Crippen LogP contribution in [0, 0.1) is 32.1 Å². The number of carboxylic acid groups (broad SMARTS) is 1. The molecule has 0 amide bonds. The molecule has 4 aromatic rings. The van der Waals surface area contributed by atoms with Crippen molar-refractivity contribution >= 4 is 34.2 Å². The normalized spacial score (nSPS) is 14.2. The highest BCUT2D eigenvalue weighted by Crippen LogP contribution is 2.32. The third-order valence-corrected chi connectivity index (χ3v) is 7.36. The first-order valence-electron chi connectivity index (χ1n) is 13.1. The fourth-order valence-electron chi connectivity index (χ4n) is 5.50. The number of hydrogen-bond acceptors (Lipinski definition) is 7. The van der Waals surface area contributed by atoms with Crippen molar-refractivity contribution in [3.8, 4) is 6.07 Å². The molecule has 1 aromatic heterocycles. The average Bonchev–Trinajstić information content (AvgIpc) is 2.92. The quantitative estimate of drug-likeness (QED) is 0.337. The number of hydrogen-bond donors (Lipinski definition) is 2. The molecule has 2 N–H and O–H groups in total. The number of benzene rings is 3. The van der Waals surface area contributed by atoms with Crippen LogP contribution in [0.1, 0.15) is 51.3 Å². The zero-order chi connectivity index (χ0) is 27.7. The standard InChI is InChI=1S/C31H32N6O2/c1-19-16-24(22(4)33-25-11-6-5-10-23(25)31(38)39)28-26(17-19)34-27(18-32)30(35-28)37-14-12-36(13-15-37)29-20(2)8-7-9-21(29)3/h5-11,16-17,22,33H,12-15H2,1-4H3,(H,38,39)/t22-/m1/s1. The summed E-state index contributed by atoms with van der Waals surface area (Å²) in [6, 6.07) is 19.2. The van der Waals surface area contributed by atoms with Crippen LogP contribution in [0.3, 0.4) is 0 Å². The zero-order valence-electron chi connectivity index (χ0n) is 22.7. The highest BCUT2D eigenvalue weighted by molar-refractivity contribution is 5.94. The van der Waals surface area contributed by atoms with E-state index >= 15 is 0 Å². The third kappa shape index (κ3) is 5.08. The molecule has 8 heteroatoms. The summed E-state index contributed by atoms with van der Waals surface area (Å²) in [5.74, 6) is -0.394. The van der Waals surface area contributed by atoms with Gasteiger partial charge in [-0.3, -0.25) is 0 Å². The van der Waals surface area contributed by atoms with E-state index in [2.05, 4.69) is 53.2 Å². The first kappa shape index (κ1) is 26.0. The average molecular weight is 521 g/mol. The van der Waals surface area contributed by atoms with Gasteiger partial charge in [0.15, 0.2) is 11.5 Å². The van der Waals surface area contributed by atoms with E-state index in [0.29, 0.717) is 28.2 Å². The molecule has 3 aromatic carbocycles. The number of nitrogens with one attached hydrogen (secondary N) is 1. The second-order valence-electron chi connectivity index (χ2n) is 10.2. The van der Waals surface area contributed by atoms with Crippen molar-refractivity contribution in [2.45, 2.75) is 33.7 Å². The van der Waals surface area contributed by atoms with Crippen LogP contribution in [0.5, 0.6) is 0 Å². The number of aromatic carboxylic acids is 1. The van der Waals surface area contributed by atoms with E-state index in [1.54, 1.807) is 18.2 Å². The lowest BCUT2D eigenvalue weighted by Gasteiger charge is -2.38. The van der Waals surface area contributed by atoms with E-state index in [1.807, 2.05) is 32.0 Å².